The number of benzene rings is 2. The van der Waals surface area contributed by atoms with Gasteiger partial charge in [-0.25, -0.2) is 0 Å². The summed E-state index contributed by atoms with van der Waals surface area (Å²) in [5.41, 5.74) is 3.27. The van der Waals surface area contributed by atoms with Crippen LogP contribution in [0.15, 0.2) is 72.9 Å². The minimum atomic E-state index is 0.115. The summed E-state index contributed by atoms with van der Waals surface area (Å²) < 4.78 is 11.8. The SMILES string of the molecule is CC(=O)N1CCN(Cc2cccc(OCc3ccccn3)c2)[C@H](c2ccc(OC(C)C)cc2)C1. The van der Waals surface area contributed by atoms with E-state index in [2.05, 4.69) is 34.1 Å². The van der Waals surface area contributed by atoms with Gasteiger partial charge in [0.2, 0.25) is 5.91 Å². The normalized spacial score (nSPS) is 16.5. The summed E-state index contributed by atoms with van der Waals surface area (Å²) in [6.45, 7) is 9.13. The summed E-state index contributed by atoms with van der Waals surface area (Å²) in [7, 11) is 0. The summed E-state index contributed by atoms with van der Waals surface area (Å²) in [6, 6.07) is 22.4. The highest BCUT2D eigenvalue weighted by Gasteiger charge is 2.29. The third kappa shape index (κ3) is 6.35. The smallest absolute Gasteiger partial charge is 0.219 e. The summed E-state index contributed by atoms with van der Waals surface area (Å²) >= 11 is 0. The van der Waals surface area contributed by atoms with Crippen LogP contribution in [0.25, 0.3) is 0 Å². The van der Waals surface area contributed by atoms with Crippen LogP contribution in [0, 0.1) is 0 Å². The highest BCUT2D eigenvalue weighted by Crippen LogP contribution is 2.29. The Morgan fingerprint density at radius 3 is 2.56 bits per heavy atom. The molecule has 2 aromatic carbocycles. The number of amides is 1. The number of piperazine rings is 1. The molecule has 3 aromatic rings. The molecule has 6 heteroatoms. The summed E-state index contributed by atoms with van der Waals surface area (Å²) in [6.07, 6.45) is 1.91. The molecule has 34 heavy (non-hydrogen) atoms. The van der Waals surface area contributed by atoms with E-state index in [0.717, 1.165) is 36.8 Å². The molecule has 0 bridgehead atoms. The van der Waals surface area contributed by atoms with E-state index in [0.29, 0.717) is 13.2 Å². The Morgan fingerprint density at radius 2 is 1.85 bits per heavy atom. The van der Waals surface area contributed by atoms with E-state index < -0.39 is 0 Å². The predicted molar refractivity (Wildman–Crippen MR) is 133 cm³/mol. The monoisotopic (exact) mass is 459 g/mol. The predicted octanol–water partition coefficient (Wildman–Crippen LogP) is 4.85. The van der Waals surface area contributed by atoms with Crippen LogP contribution in [0.3, 0.4) is 0 Å². The number of carbonyl (C=O) groups is 1. The van der Waals surface area contributed by atoms with Crippen molar-refractivity contribution in [3.8, 4) is 11.5 Å². The molecule has 0 saturated carbocycles. The van der Waals surface area contributed by atoms with Crippen LogP contribution < -0.4 is 9.47 Å². The molecule has 0 unspecified atom stereocenters. The van der Waals surface area contributed by atoms with Crippen LogP contribution in [-0.2, 0) is 17.9 Å². The van der Waals surface area contributed by atoms with Gasteiger partial charge in [-0.3, -0.25) is 14.7 Å². The quantitative estimate of drug-likeness (QED) is 0.482. The van der Waals surface area contributed by atoms with Gasteiger partial charge >= 0.3 is 0 Å². The maximum absolute atomic E-state index is 12.1. The van der Waals surface area contributed by atoms with E-state index in [1.54, 1.807) is 13.1 Å². The molecular formula is C28H33N3O3. The van der Waals surface area contributed by atoms with Crippen molar-refractivity contribution in [3.63, 3.8) is 0 Å². The molecule has 1 atom stereocenters. The van der Waals surface area contributed by atoms with Crippen LogP contribution in [0.2, 0.25) is 0 Å². The van der Waals surface area contributed by atoms with E-state index in [1.807, 2.05) is 61.2 Å². The Kier molecular flexibility index (Phi) is 7.80. The Hall–Kier alpha value is -3.38. The van der Waals surface area contributed by atoms with Gasteiger partial charge in [0.25, 0.3) is 0 Å². The lowest BCUT2D eigenvalue weighted by Crippen LogP contribution is -2.49. The highest BCUT2D eigenvalue weighted by molar-refractivity contribution is 5.73. The van der Waals surface area contributed by atoms with E-state index in [1.165, 1.54) is 11.1 Å². The fraction of sp³-hybridized carbons (Fsp3) is 0.357. The zero-order valence-corrected chi connectivity index (χ0v) is 20.2. The number of ether oxygens (including phenoxy) is 2. The minimum Gasteiger partial charge on any atom is -0.491 e. The van der Waals surface area contributed by atoms with Gasteiger partial charge in [0.1, 0.15) is 18.1 Å². The number of aromatic nitrogens is 1. The lowest BCUT2D eigenvalue weighted by Gasteiger charge is -2.41. The van der Waals surface area contributed by atoms with Crippen LogP contribution in [0.1, 0.15) is 43.6 Å². The highest BCUT2D eigenvalue weighted by atomic mass is 16.5. The molecule has 0 radical (unpaired) electrons. The van der Waals surface area contributed by atoms with Crippen molar-refractivity contribution in [3.05, 3.63) is 89.7 Å². The standard InChI is InChI=1S/C28H33N3O3/c1-21(2)34-26-12-10-24(11-13-26)28-19-30(22(3)32)15-16-31(28)18-23-7-6-9-27(17-23)33-20-25-8-4-5-14-29-25/h4-14,17,21,28H,15-16,18-20H2,1-3H3/t28-/m0/s1. The third-order valence-electron chi connectivity index (χ3n) is 5.97. The van der Waals surface area contributed by atoms with Crippen LogP contribution >= 0.6 is 0 Å². The fourth-order valence-electron chi connectivity index (χ4n) is 4.26. The molecule has 1 saturated heterocycles. The van der Waals surface area contributed by atoms with Gasteiger partial charge < -0.3 is 14.4 Å². The first-order valence-corrected chi connectivity index (χ1v) is 11.9. The van der Waals surface area contributed by atoms with Crippen LogP contribution in [0.4, 0.5) is 0 Å². The van der Waals surface area contributed by atoms with Gasteiger partial charge in [-0.1, -0.05) is 30.3 Å². The average Bonchev–Trinajstić information content (AvgIpc) is 2.84. The first-order chi connectivity index (χ1) is 16.5. The molecule has 0 N–H and O–H groups in total. The maximum atomic E-state index is 12.1. The number of hydrogen-bond acceptors (Lipinski definition) is 5. The first kappa shape index (κ1) is 23.8. The molecule has 2 heterocycles. The molecule has 1 amide bonds. The van der Waals surface area contributed by atoms with Gasteiger partial charge in [0.05, 0.1) is 17.8 Å². The number of hydrogen-bond donors (Lipinski definition) is 0. The molecule has 0 spiro atoms. The van der Waals surface area contributed by atoms with E-state index in [9.17, 15) is 4.79 Å². The van der Waals surface area contributed by atoms with Crippen molar-refractivity contribution >= 4 is 5.91 Å². The van der Waals surface area contributed by atoms with E-state index >= 15 is 0 Å². The van der Waals surface area contributed by atoms with Crippen LogP contribution in [-0.4, -0.2) is 46.4 Å². The molecule has 1 aromatic heterocycles. The van der Waals surface area contributed by atoms with Gasteiger partial charge in [0.15, 0.2) is 0 Å². The average molecular weight is 460 g/mol. The summed E-state index contributed by atoms with van der Waals surface area (Å²) in [5.74, 6) is 1.81. The lowest BCUT2D eigenvalue weighted by molar-refractivity contribution is -0.132. The number of nitrogens with zero attached hydrogens (tertiary/aromatic N) is 3. The molecular weight excluding hydrogens is 426 g/mol. The second-order valence-electron chi connectivity index (χ2n) is 8.94. The van der Waals surface area contributed by atoms with Crippen molar-refractivity contribution in [2.24, 2.45) is 0 Å². The van der Waals surface area contributed by atoms with Crippen molar-refractivity contribution in [1.29, 1.82) is 0 Å². The van der Waals surface area contributed by atoms with Crippen molar-refractivity contribution in [1.82, 2.24) is 14.8 Å². The minimum absolute atomic E-state index is 0.115. The topological polar surface area (TPSA) is 54.9 Å². The van der Waals surface area contributed by atoms with Gasteiger partial charge in [-0.15, -0.1) is 0 Å². The van der Waals surface area contributed by atoms with Gasteiger partial charge in [0, 0.05) is 39.3 Å². The molecule has 1 aliphatic heterocycles. The van der Waals surface area contributed by atoms with Crippen molar-refractivity contribution in [2.45, 2.75) is 46.1 Å². The lowest BCUT2D eigenvalue weighted by atomic mass is 10.0. The second-order valence-corrected chi connectivity index (χ2v) is 8.94. The number of carbonyl (C=O) groups excluding carboxylic acids is 1. The van der Waals surface area contributed by atoms with E-state index in [4.69, 9.17) is 9.47 Å². The molecule has 1 aliphatic rings. The maximum Gasteiger partial charge on any atom is 0.219 e. The zero-order chi connectivity index (χ0) is 23.9. The first-order valence-electron chi connectivity index (χ1n) is 11.9. The second kappa shape index (κ2) is 11.2. The van der Waals surface area contributed by atoms with Crippen molar-refractivity contribution < 1.29 is 14.3 Å². The zero-order valence-electron chi connectivity index (χ0n) is 20.2. The molecule has 6 nitrogen and oxygen atoms in total. The Bertz CT molecular complexity index is 1070. The largest absolute Gasteiger partial charge is 0.491 e. The van der Waals surface area contributed by atoms with E-state index in [-0.39, 0.29) is 18.1 Å². The Morgan fingerprint density at radius 1 is 1.03 bits per heavy atom. The third-order valence-corrected chi connectivity index (χ3v) is 5.97. The fourth-order valence-corrected chi connectivity index (χ4v) is 4.26. The van der Waals surface area contributed by atoms with Crippen molar-refractivity contribution in [2.75, 3.05) is 19.6 Å². The Labute approximate surface area is 202 Å². The number of rotatable bonds is 8. The van der Waals surface area contributed by atoms with Gasteiger partial charge in [-0.2, -0.15) is 0 Å². The summed E-state index contributed by atoms with van der Waals surface area (Å²) in [4.78, 5) is 20.8. The molecule has 0 aliphatic carbocycles. The molecule has 1 fully saturated rings. The molecule has 4 rings (SSSR count). The number of pyridine rings is 1. The van der Waals surface area contributed by atoms with Crippen LogP contribution in [0.5, 0.6) is 11.5 Å². The van der Waals surface area contributed by atoms with Gasteiger partial charge in [-0.05, 0) is 61.4 Å². The Balaban J connectivity index is 1.48. The molecule has 178 valence electrons. The summed E-state index contributed by atoms with van der Waals surface area (Å²) in [5, 5.41) is 0.